The third-order valence-corrected chi connectivity index (χ3v) is 3.23. The first-order chi connectivity index (χ1) is 8.22. The molecule has 2 atom stereocenters. The van der Waals surface area contributed by atoms with Crippen LogP contribution in [0.5, 0.6) is 0 Å². The van der Waals surface area contributed by atoms with Gasteiger partial charge in [-0.1, -0.05) is 6.92 Å². The molecule has 2 unspecified atom stereocenters. The molecule has 0 aliphatic carbocycles. The van der Waals surface area contributed by atoms with Crippen LogP contribution < -0.4 is 5.32 Å². The second kappa shape index (κ2) is 5.31. The Morgan fingerprint density at radius 2 is 2.47 bits per heavy atom. The van der Waals surface area contributed by atoms with Crippen LogP contribution in [0.25, 0.3) is 0 Å². The van der Waals surface area contributed by atoms with Crippen LogP contribution in [0.4, 0.5) is 0 Å². The van der Waals surface area contributed by atoms with Crippen molar-refractivity contribution in [2.24, 2.45) is 0 Å². The minimum absolute atomic E-state index is 0.0140. The van der Waals surface area contributed by atoms with Crippen molar-refractivity contribution in [2.75, 3.05) is 13.1 Å². The van der Waals surface area contributed by atoms with Gasteiger partial charge in [0.15, 0.2) is 0 Å². The number of nitrogens with one attached hydrogen (secondary N) is 1. The molecule has 1 aromatic rings. The Kier molecular flexibility index (Phi) is 3.78. The topological polar surface area (TPSA) is 50.2 Å². The molecule has 5 nitrogen and oxygen atoms in total. The highest BCUT2D eigenvalue weighted by atomic mass is 16.2. The van der Waals surface area contributed by atoms with Gasteiger partial charge in [-0.25, -0.2) is 0 Å². The van der Waals surface area contributed by atoms with Gasteiger partial charge in [-0.15, -0.1) is 0 Å². The second-order valence-corrected chi connectivity index (χ2v) is 4.51. The van der Waals surface area contributed by atoms with Crippen molar-refractivity contribution in [2.45, 2.75) is 38.9 Å². The minimum atomic E-state index is 0.0140. The minimum Gasteiger partial charge on any atom is -0.337 e. The molecule has 17 heavy (non-hydrogen) atoms. The molecule has 1 saturated heterocycles. The van der Waals surface area contributed by atoms with Gasteiger partial charge >= 0.3 is 0 Å². The van der Waals surface area contributed by atoms with E-state index < -0.39 is 0 Å². The summed E-state index contributed by atoms with van der Waals surface area (Å²) in [5.74, 6) is 0.228. The van der Waals surface area contributed by atoms with E-state index in [4.69, 9.17) is 0 Å². The number of hydrogen-bond donors (Lipinski definition) is 1. The Morgan fingerprint density at radius 1 is 1.65 bits per heavy atom. The molecule has 5 heteroatoms. The molecule has 2 heterocycles. The first-order valence-corrected chi connectivity index (χ1v) is 6.23. The molecule has 1 amide bonds. The van der Waals surface area contributed by atoms with E-state index >= 15 is 0 Å². The normalized spacial score (nSPS) is 22.1. The van der Waals surface area contributed by atoms with E-state index in [1.165, 1.54) is 0 Å². The van der Waals surface area contributed by atoms with Crippen molar-refractivity contribution in [1.82, 2.24) is 20.0 Å². The lowest BCUT2D eigenvalue weighted by Crippen LogP contribution is -2.43. The monoisotopic (exact) mass is 236 g/mol. The van der Waals surface area contributed by atoms with Crippen LogP contribution in [0, 0.1) is 0 Å². The van der Waals surface area contributed by atoms with Crippen molar-refractivity contribution in [1.29, 1.82) is 0 Å². The Morgan fingerprint density at radius 3 is 3.12 bits per heavy atom. The van der Waals surface area contributed by atoms with E-state index in [2.05, 4.69) is 17.3 Å². The van der Waals surface area contributed by atoms with E-state index in [1.807, 2.05) is 28.8 Å². The smallest absolute Gasteiger partial charge is 0.240 e. The SMILES string of the molecule is CCNC1CCN(C(C)Cn2cccn2)C1=O. The van der Waals surface area contributed by atoms with Gasteiger partial charge in [-0.3, -0.25) is 9.48 Å². The molecule has 1 aliphatic rings. The molecule has 1 fully saturated rings. The summed E-state index contributed by atoms with van der Waals surface area (Å²) in [4.78, 5) is 14.1. The molecule has 1 aliphatic heterocycles. The van der Waals surface area contributed by atoms with E-state index in [-0.39, 0.29) is 18.0 Å². The fourth-order valence-corrected chi connectivity index (χ4v) is 2.35. The van der Waals surface area contributed by atoms with E-state index in [1.54, 1.807) is 6.20 Å². The largest absolute Gasteiger partial charge is 0.337 e. The Labute approximate surface area is 102 Å². The number of likely N-dealkylation sites (N-methyl/N-ethyl adjacent to an activating group) is 1. The predicted molar refractivity (Wildman–Crippen MR) is 65.5 cm³/mol. The molecule has 0 radical (unpaired) electrons. The van der Waals surface area contributed by atoms with Crippen LogP contribution >= 0.6 is 0 Å². The van der Waals surface area contributed by atoms with Crippen LogP contribution in [-0.4, -0.2) is 45.8 Å². The maximum Gasteiger partial charge on any atom is 0.240 e. The average Bonchev–Trinajstić information content (AvgIpc) is 2.91. The Balaban J connectivity index is 1.92. The van der Waals surface area contributed by atoms with Crippen LogP contribution in [0.2, 0.25) is 0 Å². The number of aromatic nitrogens is 2. The summed E-state index contributed by atoms with van der Waals surface area (Å²) in [5.41, 5.74) is 0. The predicted octanol–water partition coefficient (Wildman–Crippen LogP) is 0.482. The highest BCUT2D eigenvalue weighted by Crippen LogP contribution is 2.15. The van der Waals surface area contributed by atoms with Gasteiger partial charge in [0.2, 0.25) is 5.91 Å². The molecule has 94 valence electrons. The standard InChI is InChI=1S/C12H20N4O/c1-3-13-11-5-8-16(12(11)17)10(2)9-15-7-4-6-14-15/h4,6-7,10-11,13H,3,5,8-9H2,1-2H3. The number of rotatable bonds is 5. The van der Waals surface area contributed by atoms with Crippen molar-refractivity contribution < 1.29 is 4.79 Å². The lowest BCUT2D eigenvalue weighted by atomic mass is 10.2. The summed E-state index contributed by atoms with van der Waals surface area (Å²) in [6.07, 6.45) is 4.61. The third kappa shape index (κ3) is 2.66. The summed E-state index contributed by atoms with van der Waals surface area (Å²) in [7, 11) is 0. The van der Waals surface area contributed by atoms with E-state index in [9.17, 15) is 4.79 Å². The average molecular weight is 236 g/mol. The van der Waals surface area contributed by atoms with E-state index in [0.717, 1.165) is 26.1 Å². The molecule has 0 bridgehead atoms. The first kappa shape index (κ1) is 12.1. The molecule has 2 rings (SSSR count). The maximum absolute atomic E-state index is 12.1. The second-order valence-electron chi connectivity index (χ2n) is 4.51. The maximum atomic E-state index is 12.1. The molecule has 1 aromatic heterocycles. The van der Waals surface area contributed by atoms with Crippen molar-refractivity contribution in [3.63, 3.8) is 0 Å². The number of likely N-dealkylation sites (tertiary alicyclic amines) is 1. The fraction of sp³-hybridized carbons (Fsp3) is 0.667. The zero-order valence-electron chi connectivity index (χ0n) is 10.5. The van der Waals surface area contributed by atoms with Crippen molar-refractivity contribution in [3.05, 3.63) is 18.5 Å². The van der Waals surface area contributed by atoms with Crippen molar-refractivity contribution >= 4 is 5.91 Å². The first-order valence-electron chi connectivity index (χ1n) is 6.23. The number of carbonyl (C=O) groups is 1. The van der Waals surface area contributed by atoms with Crippen LogP contribution in [0.15, 0.2) is 18.5 Å². The molecule has 0 saturated carbocycles. The molecule has 0 aromatic carbocycles. The number of hydrogen-bond acceptors (Lipinski definition) is 3. The highest BCUT2D eigenvalue weighted by Gasteiger charge is 2.33. The summed E-state index contributed by atoms with van der Waals surface area (Å²) >= 11 is 0. The summed E-state index contributed by atoms with van der Waals surface area (Å²) in [5, 5.41) is 7.40. The lowest BCUT2D eigenvalue weighted by Gasteiger charge is -2.24. The number of amides is 1. The van der Waals surface area contributed by atoms with Gasteiger partial charge in [0.05, 0.1) is 12.6 Å². The van der Waals surface area contributed by atoms with E-state index in [0.29, 0.717) is 0 Å². The van der Waals surface area contributed by atoms with Gasteiger partial charge in [0, 0.05) is 25.0 Å². The molecule has 0 spiro atoms. The molecular weight excluding hydrogens is 216 g/mol. The number of carbonyl (C=O) groups excluding carboxylic acids is 1. The van der Waals surface area contributed by atoms with Crippen LogP contribution in [0.1, 0.15) is 20.3 Å². The molecular formula is C12H20N4O. The zero-order chi connectivity index (χ0) is 12.3. The summed E-state index contributed by atoms with van der Waals surface area (Å²) in [6.45, 7) is 6.56. The van der Waals surface area contributed by atoms with Gasteiger partial charge in [-0.05, 0) is 26.0 Å². The third-order valence-electron chi connectivity index (χ3n) is 3.23. The van der Waals surface area contributed by atoms with Gasteiger partial charge < -0.3 is 10.2 Å². The number of nitrogens with zero attached hydrogens (tertiary/aromatic N) is 3. The molecule has 1 N–H and O–H groups in total. The fourth-order valence-electron chi connectivity index (χ4n) is 2.35. The Hall–Kier alpha value is -1.36. The van der Waals surface area contributed by atoms with Crippen molar-refractivity contribution in [3.8, 4) is 0 Å². The quantitative estimate of drug-likeness (QED) is 0.809. The zero-order valence-corrected chi connectivity index (χ0v) is 10.5. The Bertz CT molecular complexity index is 363. The van der Waals surface area contributed by atoms with Crippen LogP contribution in [-0.2, 0) is 11.3 Å². The lowest BCUT2D eigenvalue weighted by molar-refractivity contribution is -0.131. The summed E-state index contributed by atoms with van der Waals surface area (Å²) in [6, 6.07) is 2.12. The van der Waals surface area contributed by atoms with Gasteiger partial charge in [0.25, 0.3) is 0 Å². The van der Waals surface area contributed by atoms with Gasteiger partial charge in [-0.2, -0.15) is 5.10 Å². The van der Waals surface area contributed by atoms with Crippen LogP contribution in [0.3, 0.4) is 0 Å². The highest BCUT2D eigenvalue weighted by molar-refractivity contribution is 5.84. The summed E-state index contributed by atoms with van der Waals surface area (Å²) < 4.78 is 1.87. The van der Waals surface area contributed by atoms with Gasteiger partial charge in [0.1, 0.15) is 0 Å².